The van der Waals surface area contributed by atoms with Gasteiger partial charge >= 0.3 is 0 Å². The van der Waals surface area contributed by atoms with Crippen LogP contribution in [0.15, 0.2) is 12.7 Å². The highest BCUT2D eigenvalue weighted by molar-refractivity contribution is 5.01. The van der Waals surface area contributed by atoms with Crippen LogP contribution in [-0.2, 0) is 0 Å². The lowest BCUT2D eigenvalue weighted by Gasteiger charge is -2.30. The van der Waals surface area contributed by atoms with E-state index in [-0.39, 0.29) is 5.54 Å². The van der Waals surface area contributed by atoms with Crippen molar-refractivity contribution in [2.45, 2.75) is 70.8 Å². The molecule has 1 atom stereocenters. The van der Waals surface area contributed by atoms with Crippen LogP contribution in [0.2, 0.25) is 0 Å². The molecule has 0 aliphatic rings. The fraction of sp³-hybridized carbons (Fsp3) is 0.857. The van der Waals surface area contributed by atoms with Gasteiger partial charge in [0.05, 0.1) is 0 Å². The van der Waals surface area contributed by atoms with Crippen LogP contribution in [0.1, 0.15) is 65.2 Å². The second kappa shape index (κ2) is 8.96. The van der Waals surface area contributed by atoms with Crippen LogP contribution >= 0.6 is 0 Å². The maximum absolute atomic E-state index is 3.98. The predicted octanol–water partition coefficient (Wildman–Crippen LogP) is 4.29. The molecule has 0 aliphatic heterocycles. The van der Waals surface area contributed by atoms with E-state index < -0.39 is 0 Å². The van der Waals surface area contributed by atoms with Crippen LogP contribution in [-0.4, -0.2) is 12.6 Å². The van der Waals surface area contributed by atoms with Gasteiger partial charge in [-0.1, -0.05) is 58.4 Å². The van der Waals surface area contributed by atoms with Crippen molar-refractivity contribution in [3.8, 4) is 0 Å². The highest BCUT2D eigenvalue weighted by atomic mass is 14.9. The number of nitrogens with one attached hydrogen (secondary N) is 1. The Kier molecular flexibility index (Phi) is 8.79. The predicted molar refractivity (Wildman–Crippen MR) is 70.3 cm³/mol. The lowest BCUT2D eigenvalue weighted by Crippen LogP contribution is -2.40. The Bertz CT molecular complexity index is 153. The molecule has 0 saturated carbocycles. The third kappa shape index (κ3) is 5.99. The summed E-state index contributed by atoms with van der Waals surface area (Å²) >= 11 is 0. The van der Waals surface area contributed by atoms with Crippen molar-refractivity contribution in [3.63, 3.8) is 0 Å². The molecule has 0 rings (SSSR count). The highest BCUT2D eigenvalue weighted by Gasteiger charge is 2.21. The van der Waals surface area contributed by atoms with Crippen LogP contribution in [0.3, 0.4) is 0 Å². The first-order valence-electron chi connectivity index (χ1n) is 6.57. The SMILES string of the molecule is C=CC(CCC)(CCCCCCC)NC. The van der Waals surface area contributed by atoms with Crippen molar-refractivity contribution in [3.05, 3.63) is 12.7 Å². The summed E-state index contributed by atoms with van der Waals surface area (Å²) in [5, 5.41) is 3.44. The van der Waals surface area contributed by atoms with Crippen LogP contribution in [0.4, 0.5) is 0 Å². The number of hydrogen-bond acceptors (Lipinski definition) is 1. The standard InChI is InChI=1S/C14H29N/c1-5-8-9-10-11-13-14(7-3,15-4)12-6-2/h7,15H,3,5-6,8-13H2,1-2,4H3. The van der Waals surface area contributed by atoms with Gasteiger partial charge in [0.15, 0.2) is 0 Å². The fourth-order valence-corrected chi connectivity index (χ4v) is 2.17. The minimum Gasteiger partial charge on any atom is -0.311 e. The van der Waals surface area contributed by atoms with Crippen molar-refractivity contribution in [1.82, 2.24) is 5.32 Å². The second-order valence-electron chi connectivity index (χ2n) is 4.52. The van der Waals surface area contributed by atoms with Crippen LogP contribution < -0.4 is 5.32 Å². The Balaban J connectivity index is 3.79. The Morgan fingerprint density at radius 3 is 2.13 bits per heavy atom. The summed E-state index contributed by atoms with van der Waals surface area (Å²) in [7, 11) is 2.06. The van der Waals surface area contributed by atoms with Gasteiger partial charge in [0.2, 0.25) is 0 Å². The first kappa shape index (κ1) is 14.7. The number of hydrogen-bond donors (Lipinski definition) is 1. The molecule has 1 nitrogen and oxygen atoms in total. The maximum Gasteiger partial charge on any atom is 0.0358 e. The molecular formula is C14H29N. The molecule has 0 aliphatic carbocycles. The molecule has 0 amide bonds. The average molecular weight is 211 g/mol. The van der Waals surface area contributed by atoms with Gasteiger partial charge < -0.3 is 5.32 Å². The van der Waals surface area contributed by atoms with E-state index >= 15 is 0 Å². The van der Waals surface area contributed by atoms with E-state index in [4.69, 9.17) is 0 Å². The summed E-state index contributed by atoms with van der Waals surface area (Å²) in [5.74, 6) is 0. The Labute approximate surface area is 96.3 Å². The fourth-order valence-electron chi connectivity index (χ4n) is 2.17. The molecule has 0 radical (unpaired) electrons. The van der Waals surface area contributed by atoms with Crippen molar-refractivity contribution in [2.75, 3.05) is 7.05 Å². The zero-order valence-electron chi connectivity index (χ0n) is 10.9. The van der Waals surface area contributed by atoms with Gasteiger partial charge in [-0.25, -0.2) is 0 Å². The molecule has 1 unspecified atom stereocenters. The van der Waals surface area contributed by atoms with Gasteiger partial charge in [0.1, 0.15) is 0 Å². The van der Waals surface area contributed by atoms with Crippen LogP contribution in [0, 0.1) is 0 Å². The molecule has 1 N–H and O–H groups in total. The van der Waals surface area contributed by atoms with Crippen molar-refractivity contribution >= 4 is 0 Å². The first-order valence-corrected chi connectivity index (χ1v) is 6.57. The third-order valence-corrected chi connectivity index (χ3v) is 3.31. The summed E-state index contributed by atoms with van der Waals surface area (Å²) in [5.41, 5.74) is 0.195. The molecule has 0 spiro atoms. The third-order valence-electron chi connectivity index (χ3n) is 3.31. The molecular weight excluding hydrogens is 182 g/mol. The Morgan fingerprint density at radius 2 is 1.67 bits per heavy atom. The van der Waals surface area contributed by atoms with Gasteiger partial charge in [-0.15, -0.1) is 6.58 Å². The van der Waals surface area contributed by atoms with Gasteiger partial charge in [-0.05, 0) is 19.9 Å². The molecule has 1 heteroatoms. The number of rotatable bonds is 10. The van der Waals surface area contributed by atoms with Crippen molar-refractivity contribution in [1.29, 1.82) is 0 Å². The smallest absolute Gasteiger partial charge is 0.0358 e. The Hall–Kier alpha value is -0.300. The van der Waals surface area contributed by atoms with Gasteiger partial charge in [-0.3, -0.25) is 0 Å². The van der Waals surface area contributed by atoms with E-state index in [2.05, 4.69) is 38.9 Å². The largest absolute Gasteiger partial charge is 0.311 e. The quantitative estimate of drug-likeness (QED) is 0.420. The molecule has 0 fully saturated rings. The molecule has 0 heterocycles. The average Bonchev–Trinajstić information content (AvgIpc) is 2.27. The molecule has 0 aromatic carbocycles. The summed E-state index contributed by atoms with van der Waals surface area (Å²) in [6.07, 6.45) is 12.6. The number of likely N-dealkylation sites (N-methyl/N-ethyl adjacent to an activating group) is 1. The normalized spacial score (nSPS) is 14.9. The van der Waals surface area contributed by atoms with E-state index in [9.17, 15) is 0 Å². The van der Waals surface area contributed by atoms with Crippen LogP contribution in [0.25, 0.3) is 0 Å². The van der Waals surface area contributed by atoms with Crippen molar-refractivity contribution < 1.29 is 0 Å². The minimum absolute atomic E-state index is 0.195. The van der Waals surface area contributed by atoms with E-state index in [1.165, 1.54) is 51.4 Å². The van der Waals surface area contributed by atoms with E-state index in [0.717, 1.165) is 0 Å². The highest BCUT2D eigenvalue weighted by Crippen LogP contribution is 2.22. The minimum atomic E-state index is 0.195. The van der Waals surface area contributed by atoms with Gasteiger partial charge in [0.25, 0.3) is 0 Å². The second-order valence-corrected chi connectivity index (χ2v) is 4.52. The molecule has 90 valence electrons. The van der Waals surface area contributed by atoms with E-state index in [1.54, 1.807) is 0 Å². The van der Waals surface area contributed by atoms with E-state index in [0.29, 0.717) is 0 Å². The zero-order chi connectivity index (χ0) is 11.6. The molecule has 15 heavy (non-hydrogen) atoms. The molecule has 0 aromatic rings. The lowest BCUT2D eigenvalue weighted by atomic mass is 9.87. The number of unbranched alkanes of at least 4 members (excludes halogenated alkanes) is 4. The van der Waals surface area contributed by atoms with Gasteiger partial charge in [-0.2, -0.15) is 0 Å². The molecule has 0 aromatic heterocycles. The van der Waals surface area contributed by atoms with E-state index in [1.807, 2.05) is 0 Å². The summed E-state index contributed by atoms with van der Waals surface area (Å²) in [6.45, 7) is 8.48. The monoisotopic (exact) mass is 211 g/mol. The summed E-state index contributed by atoms with van der Waals surface area (Å²) < 4.78 is 0. The first-order chi connectivity index (χ1) is 7.24. The molecule has 0 bridgehead atoms. The summed E-state index contributed by atoms with van der Waals surface area (Å²) in [4.78, 5) is 0. The maximum atomic E-state index is 3.98. The van der Waals surface area contributed by atoms with Gasteiger partial charge in [0, 0.05) is 5.54 Å². The van der Waals surface area contributed by atoms with Crippen molar-refractivity contribution in [2.24, 2.45) is 0 Å². The molecule has 0 saturated heterocycles. The lowest BCUT2D eigenvalue weighted by molar-refractivity contribution is 0.358. The topological polar surface area (TPSA) is 12.0 Å². The zero-order valence-corrected chi connectivity index (χ0v) is 10.9. The Morgan fingerprint density at radius 1 is 1.00 bits per heavy atom. The summed E-state index contributed by atoms with van der Waals surface area (Å²) in [6, 6.07) is 0. The van der Waals surface area contributed by atoms with Crippen LogP contribution in [0.5, 0.6) is 0 Å².